The quantitative estimate of drug-likeness (QED) is 0.787. The molecule has 0 bridgehead atoms. The lowest BCUT2D eigenvalue weighted by Gasteiger charge is -2.21. The van der Waals surface area contributed by atoms with Crippen molar-refractivity contribution in [2.45, 2.75) is 24.4 Å². The number of hydrogen-bond acceptors (Lipinski definition) is 5. The minimum atomic E-state index is -2.87. The van der Waals surface area contributed by atoms with Crippen molar-refractivity contribution in [1.29, 1.82) is 0 Å². The molecule has 3 rings (SSSR count). The molecule has 2 aliphatic heterocycles. The van der Waals surface area contributed by atoms with E-state index in [1.165, 1.54) is 0 Å². The summed E-state index contributed by atoms with van der Waals surface area (Å²) in [5.41, 5.74) is 0. The van der Waals surface area contributed by atoms with E-state index in [1.54, 1.807) is 13.8 Å². The summed E-state index contributed by atoms with van der Waals surface area (Å²) in [6, 6.07) is 9.25. The predicted molar refractivity (Wildman–Crippen MR) is 74.8 cm³/mol. The van der Waals surface area contributed by atoms with Crippen molar-refractivity contribution in [3.63, 3.8) is 0 Å². The van der Waals surface area contributed by atoms with Crippen LogP contribution in [0.3, 0.4) is 0 Å². The molecular formula is C14H19O5P. The van der Waals surface area contributed by atoms with E-state index in [1.807, 2.05) is 30.3 Å². The average Bonchev–Trinajstić information content (AvgIpc) is 3.02. The van der Waals surface area contributed by atoms with Gasteiger partial charge in [0.05, 0.1) is 13.2 Å². The standard InChI is InChI=1S/C14H19O5P/c1-16-11-8-17-14-12(9-18-13(11)14)19-20(2,15)10-6-4-3-5-7-10/h3-7,11-14H,8-9H2,1-2H3/t11-,12+,13+,14+,20?/m0/s1. The Morgan fingerprint density at radius 1 is 1.10 bits per heavy atom. The molecule has 2 aliphatic rings. The number of ether oxygens (including phenoxy) is 3. The third-order valence-corrected chi connectivity index (χ3v) is 5.74. The number of fused-ring (bicyclic) bond motifs is 1. The number of benzene rings is 1. The Hall–Kier alpha value is -0.710. The number of rotatable bonds is 4. The molecular weight excluding hydrogens is 279 g/mol. The topological polar surface area (TPSA) is 54.0 Å². The highest BCUT2D eigenvalue weighted by Crippen LogP contribution is 2.45. The highest BCUT2D eigenvalue weighted by molar-refractivity contribution is 7.66. The minimum Gasteiger partial charge on any atom is -0.376 e. The van der Waals surface area contributed by atoms with Crippen LogP contribution in [0.15, 0.2) is 30.3 Å². The molecule has 0 aliphatic carbocycles. The molecule has 2 heterocycles. The first-order chi connectivity index (χ1) is 9.62. The average molecular weight is 298 g/mol. The van der Waals surface area contributed by atoms with Crippen LogP contribution < -0.4 is 5.30 Å². The van der Waals surface area contributed by atoms with E-state index in [-0.39, 0.29) is 24.4 Å². The maximum Gasteiger partial charge on any atom is 0.229 e. The maximum atomic E-state index is 12.7. The van der Waals surface area contributed by atoms with E-state index >= 15 is 0 Å². The Morgan fingerprint density at radius 3 is 2.35 bits per heavy atom. The van der Waals surface area contributed by atoms with Crippen LogP contribution in [-0.2, 0) is 23.3 Å². The van der Waals surface area contributed by atoms with E-state index in [0.29, 0.717) is 18.5 Å². The van der Waals surface area contributed by atoms with E-state index in [4.69, 9.17) is 18.7 Å². The summed E-state index contributed by atoms with van der Waals surface area (Å²) in [7, 11) is -1.23. The fraction of sp³-hybridized carbons (Fsp3) is 0.571. The number of hydrogen-bond donors (Lipinski definition) is 0. The van der Waals surface area contributed by atoms with Gasteiger partial charge in [-0.3, -0.25) is 4.57 Å². The highest BCUT2D eigenvalue weighted by atomic mass is 31.2. The molecule has 0 N–H and O–H groups in total. The van der Waals surface area contributed by atoms with Crippen LogP contribution in [0.25, 0.3) is 0 Å². The van der Waals surface area contributed by atoms with Crippen LogP contribution in [0.2, 0.25) is 0 Å². The first-order valence-electron chi connectivity index (χ1n) is 6.69. The molecule has 110 valence electrons. The van der Waals surface area contributed by atoms with Gasteiger partial charge < -0.3 is 18.7 Å². The van der Waals surface area contributed by atoms with E-state index in [9.17, 15) is 4.57 Å². The Bertz CT molecular complexity index is 506. The molecule has 1 aromatic carbocycles. The zero-order chi connectivity index (χ0) is 14.2. The van der Waals surface area contributed by atoms with Crippen LogP contribution >= 0.6 is 7.37 Å². The SMILES string of the molecule is CO[C@H]1CO[C@H]2[C@@H]1OC[C@H]2OP(C)(=O)c1ccccc1. The molecule has 0 saturated carbocycles. The molecule has 2 saturated heterocycles. The summed E-state index contributed by atoms with van der Waals surface area (Å²) < 4.78 is 35.3. The normalized spacial score (nSPS) is 35.7. The molecule has 1 aromatic rings. The first kappa shape index (κ1) is 14.2. The summed E-state index contributed by atoms with van der Waals surface area (Å²) in [5.74, 6) is 0. The van der Waals surface area contributed by atoms with E-state index < -0.39 is 7.37 Å². The van der Waals surface area contributed by atoms with Crippen LogP contribution in [0.4, 0.5) is 0 Å². The lowest BCUT2D eigenvalue weighted by Crippen LogP contribution is -2.33. The third kappa shape index (κ3) is 2.57. The molecule has 0 amide bonds. The van der Waals surface area contributed by atoms with E-state index in [0.717, 1.165) is 0 Å². The fourth-order valence-corrected chi connectivity index (χ4v) is 4.27. The molecule has 5 nitrogen and oxygen atoms in total. The van der Waals surface area contributed by atoms with Gasteiger partial charge in [0.15, 0.2) is 0 Å². The summed E-state index contributed by atoms with van der Waals surface area (Å²) in [6.45, 7) is 2.52. The molecule has 2 fully saturated rings. The van der Waals surface area contributed by atoms with Gasteiger partial charge in [0, 0.05) is 19.1 Å². The second-order valence-corrected chi connectivity index (χ2v) is 7.61. The fourth-order valence-electron chi connectivity index (χ4n) is 2.74. The Morgan fingerprint density at radius 2 is 1.70 bits per heavy atom. The van der Waals surface area contributed by atoms with Crippen molar-refractivity contribution in [1.82, 2.24) is 0 Å². The summed E-state index contributed by atoms with van der Waals surface area (Å²) in [5, 5.41) is 0.713. The van der Waals surface area contributed by atoms with Gasteiger partial charge in [-0.2, -0.15) is 0 Å². The van der Waals surface area contributed by atoms with Gasteiger partial charge in [-0.15, -0.1) is 0 Å². The van der Waals surface area contributed by atoms with Crippen LogP contribution in [0, 0.1) is 0 Å². The molecule has 0 radical (unpaired) electrons. The Balaban J connectivity index is 1.71. The Kier molecular flexibility index (Phi) is 3.98. The van der Waals surface area contributed by atoms with Crippen molar-refractivity contribution in [2.75, 3.05) is 27.0 Å². The van der Waals surface area contributed by atoms with Crippen molar-refractivity contribution < 1.29 is 23.3 Å². The monoisotopic (exact) mass is 298 g/mol. The lowest BCUT2D eigenvalue weighted by atomic mass is 10.1. The highest BCUT2D eigenvalue weighted by Gasteiger charge is 2.50. The second kappa shape index (κ2) is 5.58. The van der Waals surface area contributed by atoms with E-state index in [2.05, 4.69) is 0 Å². The molecule has 20 heavy (non-hydrogen) atoms. The van der Waals surface area contributed by atoms with Gasteiger partial charge in [0.2, 0.25) is 7.37 Å². The maximum absolute atomic E-state index is 12.7. The van der Waals surface area contributed by atoms with Gasteiger partial charge in [0.1, 0.15) is 24.4 Å². The van der Waals surface area contributed by atoms with Crippen LogP contribution in [0.5, 0.6) is 0 Å². The summed E-state index contributed by atoms with van der Waals surface area (Å²) >= 11 is 0. The van der Waals surface area contributed by atoms with Crippen LogP contribution in [0.1, 0.15) is 0 Å². The lowest BCUT2D eigenvalue weighted by molar-refractivity contribution is -0.0134. The number of methoxy groups -OCH3 is 1. The van der Waals surface area contributed by atoms with Gasteiger partial charge in [-0.05, 0) is 12.1 Å². The molecule has 0 spiro atoms. The zero-order valence-electron chi connectivity index (χ0n) is 11.6. The van der Waals surface area contributed by atoms with Gasteiger partial charge in [0.25, 0.3) is 0 Å². The largest absolute Gasteiger partial charge is 0.376 e. The van der Waals surface area contributed by atoms with Gasteiger partial charge >= 0.3 is 0 Å². The zero-order valence-corrected chi connectivity index (χ0v) is 12.5. The second-order valence-electron chi connectivity index (χ2n) is 5.20. The molecule has 5 atom stereocenters. The predicted octanol–water partition coefficient (Wildman–Crippen LogP) is 1.42. The van der Waals surface area contributed by atoms with Crippen molar-refractivity contribution in [3.8, 4) is 0 Å². The summed E-state index contributed by atoms with van der Waals surface area (Å²) in [6.07, 6.45) is -0.699. The van der Waals surface area contributed by atoms with Crippen LogP contribution in [-0.4, -0.2) is 51.4 Å². The van der Waals surface area contributed by atoms with Crippen molar-refractivity contribution in [2.24, 2.45) is 0 Å². The Labute approximate surface area is 118 Å². The first-order valence-corrected chi connectivity index (χ1v) is 8.76. The van der Waals surface area contributed by atoms with Crippen molar-refractivity contribution >= 4 is 12.7 Å². The molecule has 0 aromatic heterocycles. The molecule has 1 unspecified atom stereocenters. The van der Waals surface area contributed by atoms with Gasteiger partial charge in [-0.1, -0.05) is 18.2 Å². The van der Waals surface area contributed by atoms with Crippen molar-refractivity contribution in [3.05, 3.63) is 30.3 Å². The smallest absolute Gasteiger partial charge is 0.229 e. The third-order valence-electron chi connectivity index (χ3n) is 3.83. The molecule has 6 heteroatoms. The van der Waals surface area contributed by atoms with Gasteiger partial charge in [-0.25, -0.2) is 0 Å². The summed E-state index contributed by atoms with van der Waals surface area (Å²) in [4.78, 5) is 0. The minimum absolute atomic E-state index is 0.0680.